The highest BCUT2D eigenvalue weighted by molar-refractivity contribution is 7.14. The fraction of sp³-hybridized carbons (Fsp3) is 0.267. The van der Waals surface area contributed by atoms with Gasteiger partial charge in [0.1, 0.15) is 17.8 Å². The quantitative estimate of drug-likeness (QED) is 0.129. The second-order valence-corrected chi connectivity index (χ2v) is 10.6. The third-order valence-electron chi connectivity index (χ3n) is 6.36. The summed E-state index contributed by atoms with van der Waals surface area (Å²) in [6, 6.07) is 15.6. The van der Waals surface area contributed by atoms with E-state index in [4.69, 9.17) is 20.7 Å². The van der Waals surface area contributed by atoms with E-state index in [-0.39, 0.29) is 12.2 Å². The van der Waals surface area contributed by atoms with Crippen molar-refractivity contribution in [3.63, 3.8) is 0 Å². The van der Waals surface area contributed by atoms with Gasteiger partial charge in [-0.2, -0.15) is 0 Å². The Bertz CT molecular complexity index is 1490. The van der Waals surface area contributed by atoms with E-state index in [9.17, 15) is 33.9 Å². The largest absolute Gasteiger partial charge is 0.481 e. The van der Waals surface area contributed by atoms with Crippen molar-refractivity contribution in [3.05, 3.63) is 66.0 Å². The molecule has 0 unspecified atom stereocenters. The lowest BCUT2D eigenvalue weighted by atomic mass is 10.1. The second kappa shape index (κ2) is 15.8. The van der Waals surface area contributed by atoms with Crippen molar-refractivity contribution in [2.24, 2.45) is 5.73 Å². The Hall–Kier alpha value is -5.24. The van der Waals surface area contributed by atoms with Gasteiger partial charge in [-0.05, 0) is 65.2 Å². The van der Waals surface area contributed by atoms with Crippen LogP contribution in [0.25, 0.3) is 21.6 Å². The zero-order valence-electron chi connectivity index (χ0n) is 23.3. The number of carbonyl (C=O) groups excluding carboxylic acids is 3. The predicted octanol–water partition coefficient (Wildman–Crippen LogP) is 2.49. The SMILES string of the molecule is NC(=O)[C@H](CCC(=O)O)NC(=O)[C@H](CCC(=O)O)NC(=O)[C@@H](CC(=O)O)Oc1ccc(-c2cc(-c3ccccc3)cs2)cc1. The number of hydrogen-bond acceptors (Lipinski definition) is 8. The van der Waals surface area contributed by atoms with Crippen molar-refractivity contribution in [2.75, 3.05) is 0 Å². The minimum Gasteiger partial charge on any atom is -0.481 e. The third kappa shape index (κ3) is 10.2. The minimum atomic E-state index is -1.61. The first-order valence-corrected chi connectivity index (χ1v) is 14.3. The molecule has 0 saturated heterocycles. The molecule has 0 radical (unpaired) electrons. The van der Waals surface area contributed by atoms with Crippen molar-refractivity contribution in [1.82, 2.24) is 10.6 Å². The van der Waals surface area contributed by atoms with E-state index in [1.165, 1.54) is 11.3 Å². The lowest BCUT2D eigenvalue weighted by molar-refractivity contribution is -0.144. The molecule has 0 aliphatic heterocycles. The number of hydrogen-bond donors (Lipinski definition) is 6. The number of nitrogens with one attached hydrogen (secondary N) is 2. The lowest BCUT2D eigenvalue weighted by Gasteiger charge is -2.24. The fourth-order valence-corrected chi connectivity index (χ4v) is 5.03. The van der Waals surface area contributed by atoms with Gasteiger partial charge in [0, 0.05) is 17.7 Å². The fourth-order valence-electron chi connectivity index (χ4n) is 4.11. The normalized spacial score (nSPS) is 12.7. The number of aliphatic carboxylic acids is 3. The molecule has 2 aromatic carbocycles. The third-order valence-corrected chi connectivity index (χ3v) is 7.34. The number of nitrogens with two attached hydrogens (primary N) is 1. The maximum absolute atomic E-state index is 13.1. The number of carboxylic acid groups (broad SMARTS) is 3. The van der Waals surface area contributed by atoms with E-state index in [2.05, 4.69) is 10.6 Å². The second-order valence-electron chi connectivity index (χ2n) is 9.68. The molecule has 3 atom stereocenters. The van der Waals surface area contributed by atoms with Crippen LogP contribution in [0.15, 0.2) is 66.0 Å². The smallest absolute Gasteiger partial charge is 0.307 e. The maximum Gasteiger partial charge on any atom is 0.307 e. The molecular weight excluding hydrogens is 594 g/mol. The molecule has 44 heavy (non-hydrogen) atoms. The van der Waals surface area contributed by atoms with Crippen LogP contribution >= 0.6 is 11.3 Å². The highest BCUT2D eigenvalue weighted by Gasteiger charge is 2.31. The van der Waals surface area contributed by atoms with Crippen LogP contribution in [0.4, 0.5) is 0 Å². The molecule has 1 aromatic heterocycles. The average molecular weight is 626 g/mol. The van der Waals surface area contributed by atoms with Gasteiger partial charge in [-0.25, -0.2) is 0 Å². The highest BCUT2D eigenvalue weighted by atomic mass is 32.1. The molecule has 232 valence electrons. The van der Waals surface area contributed by atoms with Crippen molar-refractivity contribution in [1.29, 1.82) is 0 Å². The van der Waals surface area contributed by atoms with Crippen LogP contribution in [0.2, 0.25) is 0 Å². The molecule has 1 heterocycles. The van der Waals surface area contributed by atoms with Crippen LogP contribution < -0.4 is 21.1 Å². The Balaban J connectivity index is 1.73. The van der Waals surface area contributed by atoms with Gasteiger partial charge in [0.05, 0.1) is 6.42 Å². The van der Waals surface area contributed by atoms with Gasteiger partial charge in [0.2, 0.25) is 11.8 Å². The molecule has 0 bridgehead atoms. The molecule has 0 aliphatic rings. The van der Waals surface area contributed by atoms with Crippen LogP contribution in [-0.4, -0.2) is 69.1 Å². The van der Waals surface area contributed by atoms with Gasteiger partial charge in [-0.15, -0.1) is 11.3 Å². The number of carboxylic acids is 3. The van der Waals surface area contributed by atoms with Crippen molar-refractivity contribution >= 4 is 47.0 Å². The van der Waals surface area contributed by atoms with E-state index in [1.807, 2.05) is 41.8 Å². The molecule has 3 amide bonds. The number of ether oxygens (including phenoxy) is 1. The zero-order chi connectivity index (χ0) is 32.2. The Labute approximate surface area is 255 Å². The summed E-state index contributed by atoms with van der Waals surface area (Å²) in [6.45, 7) is 0. The van der Waals surface area contributed by atoms with Gasteiger partial charge in [-0.3, -0.25) is 28.8 Å². The van der Waals surface area contributed by atoms with Gasteiger partial charge in [0.25, 0.3) is 5.91 Å². The molecule has 0 spiro atoms. The Kier molecular flexibility index (Phi) is 12.0. The molecule has 0 fully saturated rings. The average Bonchev–Trinajstić information content (AvgIpc) is 3.47. The van der Waals surface area contributed by atoms with Crippen LogP contribution in [0.3, 0.4) is 0 Å². The van der Waals surface area contributed by atoms with E-state index < -0.39 is 79.5 Å². The summed E-state index contributed by atoms with van der Waals surface area (Å²) in [6.07, 6.45) is -4.20. The topological polar surface area (TPSA) is 222 Å². The standard InChI is InChI=1S/C30H31N3O10S/c31-28(40)21(10-12-25(34)35)32-29(41)22(11-13-26(36)37)33-30(42)23(15-27(38)39)43-20-8-6-18(7-9-20)24-14-19(16-44-24)17-4-2-1-3-5-17/h1-9,14,16,21-23H,10-13,15H2,(H2,31,40)(H,32,41)(H,33,42)(H,34,35)(H,36,37)(H,38,39)/t21-,22-,23+/m0/s1. The predicted molar refractivity (Wildman–Crippen MR) is 159 cm³/mol. The maximum atomic E-state index is 13.1. The van der Waals surface area contributed by atoms with Gasteiger partial charge in [-0.1, -0.05) is 30.3 Å². The summed E-state index contributed by atoms with van der Waals surface area (Å²) in [5, 5.41) is 33.9. The first-order chi connectivity index (χ1) is 20.9. The van der Waals surface area contributed by atoms with E-state index in [0.29, 0.717) is 0 Å². The molecule has 7 N–H and O–H groups in total. The monoisotopic (exact) mass is 625 g/mol. The summed E-state index contributed by atoms with van der Waals surface area (Å²) in [7, 11) is 0. The molecule has 0 aliphatic carbocycles. The van der Waals surface area contributed by atoms with E-state index in [0.717, 1.165) is 21.6 Å². The molecule has 0 saturated carbocycles. The van der Waals surface area contributed by atoms with Crippen LogP contribution in [0.5, 0.6) is 5.75 Å². The summed E-state index contributed by atoms with van der Waals surface area (Å²) >= 11 is 1.54. The molecule has 3 rings (SSSR count). The molecule has 13 nitrogen and oxygen atoms in total. The van der Waals surface area contributed by atoms with Crippen LogP contribution in [0, 0.1) is 0 Å². The van der Waals surface area contributed by atoms with Crippen molar-refractivity contribution in [2.45, 2.75) is 50.3 Å². The van der Waals surface area contributed by atoms with Gasteiger partial charge < -0.3 is 36.4 Å². The molecule has 14 heteroatoms. The number of benzene rings is 2. The van der Waals surface area contributed by atoms with Gasteiger partial charge in [0.15, 0.2) is 6.10 Å². The summed E-state index contributed by atoms with van der Waals surface area (Å²) in [5.41, 5.74) is 8.23. The Morgan fingerprint density at radius 3 is 1.89 bits per heavy atom. The van der Waals surface area contributed by atoms with E-state index >= 15 is 0 Å². The first kappa shape index (κ1) is 33.3. The van der Waals surface area contributed by atoms with Crippen LogP contribution in [-0.2, 0) is 28.8 Å². The zero-order valence-corrected chi connectivity index (χ0v) is 24.1. The minimum absolute atomic E-state index is 0.170. The molecular formula is C30H31N3O10S. The summed E-state index contributed by atoms with van der Waals surface area (Å²) < 4.78 is 5.67. The number of amides is 3. The van der Waals surface area contributed by atoms with Crippen molar-refractivity contribution < 1.29 is 48.8 Å². The number of carbonyl (C=O) groups is 6. The number of primary amides is 1. The Morgan fingerprint density at radius 2 is 1.32 bits per heavy atom. The van der Waals surface area contributed by atoms with Gasteiger partial charge >= 0.3 is 17.9 Å². The summed E-state index contributed by atoms with van der Waals surface area (Å²) in [5.74, 6) is -6.78. The van der Waals surface area contributed by atoms with Crippen LogP contribution in [0.1, 0.15) is 32.1 Å². The number of thiophene rings is 1. The first-order valence-electron chi connectivity index (χ1n) is 13.4. The summed E-state index contributed by atoms with van der Waals surface area (Å²) in [4.78, 5) is 72.3. The number of rotatable bonds is 17. The molecule has 3 aromatic rings. The highest BCUT2D eigenvalue weighted by Crippen LogP contribution is 2.33. The Morgan fingerprint density at radius 1 is 0.727 bits per heavy atom. The van der Waals surface area contributed by atoms with E-state index in [1.54, 1.807) is 24.3 Å². The lowest BCUT2D eigenvalue weighted by Crippen LogP contribution is -2.55. The van der Waals surface area contributed by atoms with Crippen molar-refractivity contribution in [3.8, 4) is 27.3 Å².